The fourth-order valence-electron chi connectivity index (χ4n) is 6.25. The van der Waals surface area contributed by atoms with Gasteiger partial charge in [-0.15, -0.1) is 0 Å². The second kappa shape index (κ2) is 18.2. The maximum absolute atomic E-state index is 13.2. The maximum atomic E-state index is 13.2. The van der Waals surface area contributed by atoms with E-state index in [-0.39, 0.29) is 23.2 Å². The van der Waals surface area contributed by atoms with E-state index in [0.29, 0.717) is 5.95 Å². The van der Waals surface area contributed by atoms with Gasteiger partial charge in [-0.1, -0.05) is 46.9 Å². The highest BCUT2D eigenvalue weighted by Gasteiger charge is 2.35. The van der Waals surface area contributed by atoms with Gasteiger partial charge < -0.3 is 9.80 Å². The smallest absolute Gasteiger partial charge is 0.225 e. The lowest BCUT2D eigenvalue weighted by Crippen LogP contribution is -2.34. The molecule has 0 amide bonds. The van der Waals surface area contributed by atoms with Crippen LogP contribution in [0.15, 0.2) is 73.3 Å². The highest BCUT2D eigenvalue weighted by Crippen LogP contribution is 2.33. The fraction of sp³-hybridized carbons (Fsp3) is 0.421. The second-order valence-electron chi connectivity index (χ2n) is 12.5. The van der Waals surface area contributed by atoms with Crippen LogP contribution in [0.5, 0.6) is 0 Å². The van der Waals surface area contributed by atoms with Crippen LogP contribution in [-0.2, 0) is 15.0 Å². The first kappa shape index (κ1) is 37.9. The Morgan fingerprint density at radius 3 is 1.45 bits per heavy atom. The number of hydrogen-bond acceptors (Lipinski definition) is 8. The predicted molar refractivity (Wildman–Crippen MR) is 199 cm³/mol. The van der Waals surface area contributed by atoms with Gasteiger partial charge in [-0.05, 0) is 99.6 Å². The number of halogens is 3. The first-order chi connectivity index (χ1) is 23.7. The number of carbonyl (C=O) groups is 2. The third-order valence-corrected chi connectivity index (χ3v) is 9.22. The van der Waals surface area contributed by atoms with Crippen LogP contribution in [0, 0.1) is 11.6 Å². The van der Waals surface area contributed by atoms with Crippen LogP contribution >= 0.6 is 22.6 Å². The summed E-state index contributed by atoms with van der Waals surface area (Å²) in [6, 6.07) is 12.1. The molecule has 49 heavy (non-hydrogen) atoms. The third kappa shape index (κ3) is 9.64. The Morgan fingerprint density at radius 1 is 0.633 bits per heavy atom. The first-order valence-electron chi connectivity index (χ1n) is 16.7. The highest BCUT2D eigenvalue weighted by molar-refractivity contribution is 14.1. The van der Waals surface area contributed by atoms with Crippen molar-refractivity contribution in [3.8, 4) is 0 Å². The van der Waals surface area contributed by atoms with Gasteiger partial charge >= 0.3 is 0 Å². The molecule has 6 rings (SSSR count). The van der Waals surface area contributed by atoms with Crippen molar-refractivity contribution in [1.29, 1.82) is 0 Å². The summed E-state index contributed by atoms with van der Waals surface area (Å²) in [5.74, 6) is 0.313. The quantitative estimate of drug-likeness (QED) is 0.132. The fourth-order valence-corrected chi connectivity index (χ4v) is 6.25. The van der Waals surface area contributed by atoms with Gasteiger partial charge in [-0.2, -0.15) is 0 Å². The Morgan fingerprint density at radius 2 is 1.04 bits per heavy atom. The average Bonchev–Trinajstić information content (AvgIpc) is 3.14. The molecule has 260 valence electrons. The number of anilines is 2. The van der Waals surface area contributed by atoms with Crippen molar-refractivity contribution in [2.75, 3.05) is 40.9 Å². The molecule has 2 atom stereocenters. The zero-order valence-corrected chi connectivity index (χ0v) is 30.9. The molecular weight excluding hydrogens is 737 g/mol. The Hall–Kier alpha value is -3.87. The molecule has 0 bridgehead atoms. The Labute approximate surface area is 301 Å². The Balaban J connectivity index is 0.000000210. The minimum absolute atomic E-state index is 0.00840. The summed E-state index contributed by atoms with van der Waals surface area (Å²) >= 11 is 2.15. The van der Waals surface area contributed by atoms with Crippen LogP contribution in [0.3, 0.4) is 0 Å². The van der Waals surface area contributed by atoms with Crippen molar-refractivity contribution in [1.82, 2.24) is 19.9 Å². The van der Waals surface area contributed by atoms with Gasteiger partial charge in [-0.25, -0.2) is 28.7 Å². The minimum atomic E-state index is -0.881. The molecule has 0 N–H and O–H groups in total. The predicted octanol–water partition coefficient (Wildman–Crippen LogP) is 7.88. The summed E-state index contributed by atoms with van der Waals surface area (Å²) in [4.78, 5) is 48.6. The number of ketones is 2. The van der Waals surface area contributed by atoms with Gasteiger partial charge in [0, 0.05) is 62.1 Å². The molecule has 2 aliphatic rings. The number of carbonyl (C=O) groups excluding carboxylic acids is 2. The molecule has 8 nitrogen and oxygen atoms in total. The normalized spacial score (nSPS) is 16.2. The SMILES string of the molecule is CC(=O)C(C)(c1ccc(F)cc1)c1cnc(N2CCCCC2)nc1.CC(=O)C(c1ccc(F)cc1)c1cnc(N2CCCCC2)nc1.CI. The number of Topliss-reactive ketones (excluding diaryl/α,β-unsaturated/α-hetero) is 2. The molecule has 2 fully saturated rings. The summed E-state index contributed by atoms with van der Waals surface area (Å²) in [6.45, 7) is 8.82. The molecule has 2 aliphatic heterocycles. The molecule has 0 saturated carbocycles. The standard InChI is InChI=1S/C19H22FN3O.C18H20FN3O.CH3I/c1-14(24)19(2,15-6-8-17(20)9-7-15)16-12-21-18(22-13-16)23-10-4-3-5-11-23;1-13(23)17(14-5-7-16(19)8-6-14)15-11-20-18(21-12-15)22-9-3-2-4-10-22;1-2/h6-9,12-13H,3-5,10-11H2,1-2H3;5-8,11-12,17H,2-4,9-10H2,1H3;1H3. The number of alkyl halides is 1. The monoisotopic (exact) mass is 782 g/mol. The molecule has 4 aromatic rings. The largest absolute Gasteiger partial charge is 0.341 e. The Kier molecular flexibility index (Phi) is 14.1. The summed E-state index contributed by atoms with van der Waals surface area (Å²) < 4.78 is 26.3. The number of nitrogens with zero attached hydrogens (tertiary/aromatic N) is 6. The summed E-state index contributed by atoms with van der Waals surface area (Å²) in [7, 11) is 0. The number of hydrogen-bond donors (Lipinski definition) is 0. The molecule has 2 aromatic carbocycles. The Bertz CT molecular complexity index is 1630. The van der Waals surface area contributed by atoms with E-state index >= 15 is 0 Å². The van der Waals surface area contributed by atoms with E-state index in [1.165, 1.54) is 44.0 Å². The average molecular weight is 783 g/mol. The van der Waals surface area contributed by atoms with Crippen LogP contribution in [0.25, 0.3) is 0 Å². The van der Waals surface area contributed by atoms with Crippen molar-refractivity contribution in [2.24, 2.45) is 0 Å². The lowest BCUT2D eigenvalue weighted by atomic mass is 9.74. The highest BCUT2D eigenvalue weighted by atomic mass is 127. The summed E-state index contributed by atoms with van der Waals surface area (Å²) in [5, 5.41) is 0. The van der Waals surface area contributed by atoms with Crippen LogP contribution in [-0.4, -0.2) is 62.6 Å². The van der Waals surface area contributed by atoms with Gasteiger partial charge in [-0.3, -0.25) is 9.59 Å². The van der Waals surface area contributed by atoms with Crippen molar-refractivity contribution in [2.45, 2.75) is 70.6 Å². The second-order valence-corrected chi connectivity index (χ2v) is 12.5. The summed E-state index contributed by atoms with van der Waals surface area (Å²) in [6.07, 6.45) is 14.0. The van der Waals surface area contributed by atoms with E-state index in [2.05, 4.69) is 52.3 Å². The maximum Gasteiger partial charge on any atom is 0.225 e. The third-order valence-electron chi connectivity index (χ3n) is 9.22. The molecule has 2 saturated heterocycles. The molecule has 0 spiro atoms. The van der Waals surface area contributed by atoms with E-state index in [1.54, 1.807) is 56.0 Å². The van der Waals surface area contributed by atoms with E-state index in [9.17, 15) is 18.4 Å². The van der Waals surface area contributed by atoms with Crippen LogP contribution in [0.4, 0.5) is 20.7 Å². The molecule has 2 unspecified atom stereocenters. The topological polar surface area (TPSA) is 92.2 Å². The van der Waals surface area contributed by atoms with E-state index in [4.69, 9.17) is 0 Å². The number of benzene rings is 2. The van der Waals surface area contributed by atoms with E-state index in [1.807, 2.05) is 11.9 Å². The van der Waals surface area contributed by atoms with Crippen molar-refractivity contribution in [3.63, 3.8) is 0 Å². The first-order valence-corrected chi connectivity index (χ1v) is 18.9. The molecule has 0 radical (unpaired) electrons. The number of piperidine rings is 2. The van der Waals surface area contributed by atoms with Gasteiger partial charge in [0.2, 0.25) is 11.9 Å². The van der Waals surface area contributed by atoms with E-state index in [0.717, 1.165) is 80.1 Å². The lowest BCUT2D eigenvalue weighted by molar-refractivity contribution is -0.120. The molecular formula is C38H45F2IN6O2. The number of aromatic nitrogens is 4. The lowest BCUT2D eigenvalue weighted by Gasteiger charge is -2.29. The van der Waals surface area contributed by atoms with Crippen molar-refractivity contribution < 1.29 is 18.4 Å². The molecule has 11 heteroatoms. The van der Waals surface area contributed by atoms with Gasteiger partial charge in [0.05, 0.1) is 11.3 Å². The van der Waals surface area contributed by atoms with Crippen molar-refractivity contribution in [3.05, 3.63) is 107 Å². The summed E-state index contributed by atoms with van der Waals surface area (Å²) in [5.41, 5.74) is 2.08. The van der Waals surface area contributed by atoms with Crippen LogP contribution in [0.2, 0.25) is 0 Å². The zero-order chi connectivity index (χ0) is 35.4. The van der Waals surface area contributed by atoms with Gasteiger partial charge in [0.1, 0.15) is 23.2 Å². The minimum Gasteiger partial charge on any atom is -0.341 e. The van der Waals surface area contributed by atoms with Crippen LogP contribution < -0.4 is 9.80 Å². The van der Waals surface area contributed by atoms with Crippen molar-refractivity contribution >= 4 is 46.1 Å². The van der Waals surface area contributed by atoms with E-state index < -0.39 is 11.3 Å². The molecule has 0 aliphatic carbocycles. The van der Waals surface area contributed by atoms with Gasteiger partial charge in [0.25, 0.3) is 0 Å². The molecule has 4 heterocycles. The zero-order valence-electron chi connectivity index (χ0n) is 28.7. The van der Waals surface area contributed by atoms with Gasteiger partial charge in [0.15, 0.2) is 0 Å². The molecule has 2 aromatic heterocycles. The number of rotatable bonds is 8. The van der Waals surface area contributed by atoms with Crippen LogP contribution in [0.1, 0.15) is 87.5 Å².